The number of allylic oxidation sites excluding steroid dienone is 3. The van der Waals surface area contributed by atoms with Crippen LogP contribution in [0.3, 0.4) is 0 Å². The molecule has 0 radical (unpaired) electrons. The Morgan fingerprint density at radius 1 is 1.11 bits per heavy atom. The normalized spacial score (nSPS) is 23.7. The van der Waals surface area contributed by atoms with Crippen molar-refractivity contribution in [3.63, 3.8) is 0 Å². The van der Waals surface area contributed by atoms with E-state index in [0.29, 0.717) is 18.2 Å². The predicted molar refractivity (Wildman–Crippen MR) is 105 cm³/mol. The Bertz CT molecular complexity index is 706. The maximum Gasteiger partial charge on any atom is 0.322 e. The van der Waals surface area contributed by atoms with Crippen molar-refractivity contribution in [2.24, 2.45) is 0 Å². The average Bonchev–Trinajstić information content (AvgIpc) is 3.49. The summed E-state index contributed by atoms with van der Waals surface area (Å²) in [6.07, 6.45) is 8.65. The lowest BCUT2D eigenvalue weighted by molar-refractivity contribution is 0.114. The van der Waals surface area contributed by atoms with Gasteiger partial charge in [-0.15, -0.1) is 0 Å². The van der Waals surface area contributed by atoms with Crippen molar-refractivity contribution in [1.29, 1.82) is 0 Å². The number of nitrogens with zero attached hydrogens (tertiary/aromatic N) is 2. The molecule has 0 spiro atoms. The molecule has 0 bridgehead atoms. The van der Waals surface area contributed by atoms with E-state index in [0.717, 1.165) is 45.3 Å². The molecule has 4 rings (SSSR count). The minimum Gasteiger partial charge on any atom is -0.318 e. The van der Waals surface area contributed by atoms with E-state index in [4.69, 9.17) is 0 Å². The van der Waals surface area contributed by atoms with Gasteiger partial charge in [0, 0.05) is 43.8 Å². The van der Waals surface area contributed by atoms with E-state index in [1.807, 2.05) is 17.0 Å². The van der Waals surface area contributed by atoms with E-state index in [1.54, 1.807) is 6.08 Å². The number of likely N-dealkylation sites (tertiary alicyclic amines) is 1. The molecule has 1 aromatic rings. The molecule has 1 atom stereocenters. The first-order chi connectivity index (χ1) is 13.2. The summed E-state index contributed by atoms with van der Waals surface area (Å²) in [5.74, 6) is 0. The van der Waals surface area contributed by atoms with Gasteiger partial charge in [0.15, 0.2) is 0 Å². The summed E-state index contributed by atoms with van der Waals surface area (Å²) in [7, 11) is 0. The Morgan fingerprint density at radius 3 is 2.48 bits per heavy atom. The average molecular weight is 369 g/mol. The van der Waals surface area contributed by atoms with Crippen LogP contribution in [0.15, 0.2) is 54.3 Å². The van der Waals surface area contributed by atoms with Crippen molar-refractivity contribution in [1.82, 2.24) is 15.1 Å². The molecule has 1 aromatic carbocycles. The quantitative estimate of drug-likeness (QED) is 0.851. The number of urea groups is 1. The standard InChI is InChI=1S/C22H28FN3O/c23-18-7-4-8-19(15-18)24-22(27)26(20-9-10-20)21-11-13-25(14-12-21)16-17-5-2-1-3-6-17/h1-6,8,15,18,20-21H,7,9-14,16H2,(H,24,27). The molecule has 144 valence electrons. The Labute approximate surface area is 160 Å². The van der Waals surface area contributed by atoms with Gasteiger partial charge in [0.05, 0.1) is 0 Å². The maximum atomic E-state index is 13.5. The predicted octanol–water partition coefficient (Wildman–Crippen LogP) is 4.01. The summed E-state index contributed by atoms with van der Waals surface area (Å²) in [6, 6.07) is 11.1. The molecule has 1 unspecified atom stereocenters. The molecule has 4 nitrogen and oxygen atoms in total. The topological polar surface area (TPSA) is 35.6 Å². The van der Waals surface area contributed by atoms with Crippen LogP contribution in [0.5, 0.6) is 0 Å². The minimum atomic E-state index is -0.999. The highest BCUT2D eigenvalue weighted by atomic mass is 19.1. The van der Waals surface area contributed by atoms with Crippen LogP contribution in [-0.2, 0) is 6.54 Å². The van der Waals surface area contributed by atoms with Gasteiger partial charge in [-0.25, -0.2) is 9.18 Å². The number of benzene rings is 1. The number of amides is 2. The molecular weight excluding hydrogens is 341 g/mol. The number of halogens is 1. The summed E-state index contributed by atoms with van der Waals surface area (Å²) in [4.78, 5) is 17.4. The lowest BCUT2D eigenvalue weighted by Crippen LogP contribution is -2.51. The van der Waals surface area contributed by atoms with E-state index in [2.05, 4.69) is 34.5 Å². The third-order valence-corrected chi connectivity index (χ3v) is 5.64. The molecule has 1 saturated carbocycles. The van der Waals surface area contributed by atoms with Gasteiger partial charge in [0.1, 0.15) is 6.17 Å². The van der Waals surface area contributed by atoms with Crippen molar-refractivity contribution < 1.29 is 9.18 Å². The number of hydrogen-bond acceptors (Lipinski definition) is 2. The van der Waals surface area contributed by atoms with Gasteiger partial charge in [-0.3, -0.25) is 4.90 Å². The van der Waals surface area contributed by atoms with Crippen LogP contribution >= 0.6 is 0 Å². The summed E-state index contributed by atoms with van der Waals surface area (Å²) in [5.41, 5.74) is 1.93. The number of hydrogen-bond donors (Lipinski definition) is 1. The van der Waals surface area contributed by atoms with Gasteiger partial charge < -0.3 is 10.2 Å². The molecule has 1 aliphatic heterocycles. The fraction of sp³-hybridized carbons (Fsp3) is 0.500. The molecule has 1 N–H and O–H groups in total. The molecule has 2 amide bonds. The van der Waals surface area contributed by atoms with E-state index < -0.39 is 6.17 Å². The van der Waals surface area contributed by atoms with Crippen molar-refractivity contribution in [3.8, 4) is 0 Å². The molecule has 2 fully saturated rings. The van der Waals surface area contributed by atoms with Crippen LogP contribution in [-0.4, -0.2) is 47.2 Å². The van der Waals surface area contributed by atoms with Crippen LogP contribution in [0.1, 0.15) is 37.7 Å². The number of rotatable bonds is 5. The first-order valence-electron chi connectivity index (χ1n) is 10.1. The number of alkyl halides is 1. The zero-order chi connectivity index (χ0) is 18.6. The lowest BCUT2D eigenvalue weighted by Gasteiger charge is -2.39. The highest BCUT2D eigenvalue weighted by Crippen LogP contribution is 2.32. The number of piperidine rings is 1. The number of nitrogens with one attached hydrogen (secondary N) is 1. The first kappa shape index (κ1) is 18.2. The summed E-state index contributed by atoms with van der Waals surface area (Å²) in [6.45, 7) is 2.98. The number of carbonyl (C=O) groups is 1. The first-order valence-corrected chi connectivity index (χ1v) is 10.1. The van der Waals surface area contributed by atoms with Gasteiger partial charge in [-0.1, -0.05) is 36.4 Å². The van der Waals surface area contributed by atoms with Crippen LogP contribution < -0.4 is 5.32 Å². The van der Waals surface area contributed by atoms with Crippen LogP contribution in [0.25, 0.3) is 0 Å². The van der Waals surface area contributed by atoms with Gasteiger partial charge >= 0.3 is 6.03 Å². The van der Waals surface area contributed by atoms with Crippen molar-refractivity contribution in [2.45, 2.75) is 56.9 Å². The molecule has 3 aliphatic rings. The third kappa shape index (κ3) is 4.78. The maximum absolute atomic E-state index is 13.5. The molecule has 27 heavy (non-hydrogen) atoms. The fourth-order valence-electron chi connectivity index (χ4n) is 4.09. The van der Waals surface area contributed by atoms with Crippen LogP contribution in [0.4, 0.5) is 9.18 Å². The molecular formula is C22H28FN3O. The van der Waals surface area contributed by atoms with Crippen molar-refractivity contribution in [2.75, 3.05) is 13.1 Å². The highest BCUT2D eigenvalue weighted by Gasteiger charge is 2.38. The zero-order valence-electron chi connectivity index (χ0n) is 15.7. The fourth-order valence-corrected chi connectivity index (χ4v) is 4.09. The monoisotopic (exact) mass is 369 g/mol. The Morgan fingerprint density at radius 2 is 1.81 bits per heavy atom. The van der Waals surface area contributed by atoms with Crippen molar-refractivity contribution in [3.05, 3.63) is 59.8 Å². The molecule has 1 saturated heterocycles. The second kappa shape index (κ2) is 8.26. The summed E-state index contributed by atoms with van der Waals surface area (Å²) < 4.78 is 13.5. The van der Waals surface area contributed by atoms with Crippen molar-refractivity contribution >= 4 is 6.03 Å². The largest absolute Gasteiger partial charge is 0.322 e. The second-order valence-corrected chi connectivity index (χ2v) is 7.84. The van der Waals surface area contributed by atoms with E-state index in [1.165, 1.54) is 11.6 Å². The lowest BCUT2D eigenvalue weighted by atomic mass is 10.0. The molecule has 2 aliphatic carbocycles. The third-order valence-electron chi connectivity index (χ3n) is 5.64. The van der Waals surface area contributed by atoms with Gasteiger partial charge in [0.25, 0.3) is 0 Å². The number of carbonyl (C=O) groups excluding carboxylic acids is 1. The summed E-state index contributed by atoms with van der Waals surface area (Å²) in [5, 5.41) is 2.93. The van der Waals surface area contributed by atoms with Crippen LogP contribution in [0, 0.1) is 0 Å². The SMILES string of the molecule is O=C(NC1=CC(F)CC=C1)N(C1CC1)C1CCN(Cc2ccccc2)CC1. The molecule has 5 heteroatoms. The highest BCUT2D eigenvalue weighted by molar-refractivity contribution is 5.78. The van der Waals surface area contributed by atoms with Gasteiger partial charge in [-0.2, -0.15) is 0 Å². The molecule has 1 heterocycles. The Kier molecular flexibility index (Phi) is 5.58. The smallest absolute Gasteiger partial charge is 0.318 e. The van der Waals surface area contributed by atoms with E-state index >= 15 is 0 Å². The molecule has 0 aromatic heterocycles. The van der Waals surface area contributed by atoms with Gasteiger partial charge in [0.2, 0.25) is 0 Å². The summed E-state index contributed by atoms with van der Waals surface area (Å²) >= 11 is 0. The Hall–Kier alpha value is -2.14. The van der Waals surface area contributed by atoms with Gasteiger partial charge in [-0.05, 0) is 43.4 Å². The Balaban J connectivity index is 1.33. The minimum absolute atomic E-state index is 0.0657. The van der Waals surface area contributed by atoms with E-state index in [9.17, 15) is 9.18 Å². The second-order valence-electron chi connectivity index (χ2n) is 7.84. The van der Waals surface area contributed by atoms with E-state index in [-0.39, 0.29) is 12.1 Å². The van der Waals surface area contributed by atoms with Crippen LogP contribution in [0.2, 0.25) is 0 Å². The zero-order valence-corrected chi connectivity index (χ0v) is 15.7.